The highest BCUT2D eigenvalue weighted by Gasteiger charge is 2.10. The third-order valence-corrected chi connectivity index (χ3v) is 3.35. The molecule has 0 fully saturated rings. The number of benzene rings is 2. The van der Waals surface area contributed by atoms with Crippen molar-refractivity contribution in [2.24, 2.45) is 0 Å². The van der Waals surface area contributed by atoms with Gasteiger partial charge in [0.2, 0.25) is 11.2 Å². The van der Waals surface area contributed by atoms with Crippen LogP contribution in [0.2, 0.25) is 5.28 Å². The Morgan fingerprint density at radius 2 is 1.86 bits per heavy atom. The molecule has 21 heavy (non-hydrogen) atoms. The maximum absolute atomic E-state index is 5.89. The van der Waals surface area contributed by atoms with E-state index in [2.05, 4.69) is 26.2 Å². The summed E-state index contributed by atoms with van der Waals surface area (Å²) in [5, 5.41) is 9.73. The number of hydrogen-bond donors (Lipinski definition) is 1. The Bertz CT molecular complexity index is 951. The number of hydrogen-bond acceptors (Lipinski definition) is 4. The number of halogens is 1. The molecule has 0 unspecified atom stereocenters. The van der Waals surface area contributed by atoms with Gasteiger partial charge in [-0.1, -0.05) is 30.3 Å². The van der Waals surface area contributed by atoms with Gasteiger partial charge < -0.3 is 4.74 Å². The Balaban J connectivity index is 1.80. The zero-order valence-corrected chi connectivity index (χ0v) is 11.5. The summed E-state index contributed by atoms with van der Waals surface area (Å²) in [5.74, 6) is 1.07. The molecule has 0 amide bonds. The number of aromatic nitrogens is 4. The van der Waals surface area contributed by atoms with Gasteiger partial charge in [0.15, 0.2) is 5.65 Å². The van der Waals surface area contributed by atoms with Gasteiger partial charge in [-0.2, -0.15) is 15.1 Å². The molecule has 0 saturated carbocycles. The highest BCUT2D eigenvalue weighted by molar-refractivity contribution is 6.28. The lowest BCUT2D eigenvalue weighted by molar-refractivity contribution is 0.469. The van der Waals surface area contributed by atoms with Crippen LogP contribution in [0.25, 0.3) is 21.8 Å². The number of nitrogens with one attached hydrogen (secondary N) is 1. The summed E-state index contributed by atoms with van der Waals surface area (Å²) in [4.78, 5) is 8.17. The molecule has 0 radical (unpaired) electrons. The van der Waals surface area contributed by atoms with Gasteiger partial charge >= 0.3 is 0 Å². The Labute approximate surface area is 124 Å². The fourth-order valence-corrected chi connectivity index (χ4v) is 2.36. The molecule has 0 spiro atoms. The molecular formula is C15H9ClN4O. The van der Waals surface area contributed by atoms with E-state index in [1.165, 1.54) is 0 Å². The van der Waals surface area contributed by atoms with Gasteiger partial charge in [-0.25, -0.2) is 0 Å². The average Bonchev–Trinajstić information content (AvgIpc) is 2.95. The average molecular weight is 297 g/mol. The van der Waals surface area contributed by atoms with Crippen molar-refractivity contribution in [2.45, 2.75) is 0 Å². The third-order valence-electron chi connectivity index (χ3n) is 3.18. The molecule has 2 heterocycles. The summed E-state index contributed by atoms with van der Waals surface area (Å²) in [6.07, 6.45) is 1.61. The molecular weight excluding hydrogens is 288 g/mol. The van der Waals surface area contributed by atoms with Crippen molar-refractivity contribution in [1.82, 2.24) is 20.2 Å². The van der Waals surface area contributed by atoms with Crippen LogP contribution in [0.5, 0.6) is 11.6 Å². The summed E-state index contributed by atoms with van der Waals surface area (Å²) in [5.41, 5.74) is 0.547. The Kier molecular flexibility index (Phi) is 2.72. The SMILES string of the molecule is Clc1nc(Oc2ccc3ccccc3c2)c2cn[nH]c2n1. The normalized spacial score (nSPS) is 11.1. The second kappa shape index (κ2) is 4.71. The van der Waals surface area contributed by atoms with Gasteiger partial charge in [0.1, 0.15) is 11.1 Å². The zero-order valence-electron chi connectivity index (χ0n) is 10.7. The van der Waals surface area contributed by atoms with E-state index in [0.717, 1.165) is 10.8 Å². The van der Waals surface area contributed by atoms with Crippen molar-refractivity contribution < 1.29 is 4.74 Å². The monoisotopic (exact) mass is 296 g/mol. The molecule has 4 aromatic rings. The third kappa shape index (κ3) is 2.17. The van der Waals surface area contributed by atoms with Crippen LogP contribution in [0.3, 0.4) is 0 Å². The molecule has 0 bridgehead atoms. The van der Waals surface area contributed by atoms with Crippen LogP contribution in [-0.2, 0) is 0 Å². The minimum Gasteiger partial charge on any atom is -0.438 e. The molecule has 0 aliphatic carbocycles. The van der Waals surface area contributed by atoms with Gasteiger partial charge in [0.05, 0.1) is 6.20 Å². The van der Waals surface area contributed by atoms with E-state index in [1.807, 2.05) is 36.4 Å². The van der Waals surface area contributed by atoms with Gasteiger partial charge in [-0.05, 0) is 34.5 Å². The number of rotatable bonds is 2. The van der Waals surface area contributed by atoms with E-state index in [4.69, 9.17) is 16.3 Å². The van der Waals surface area contributed by atoms with Crippen LogP contribution in [0.15, 0.2) is 48.7 Å². The number of fused-ring (bicyclic) bond motifs is 2. The summed E-state index contributed by atoms with van der Waals surface area (Å²) in [7, 11) is 0. The first-order valence-corrected chi connectivity index (χ1v) is 6.71. The molecule has 2 aromatic heterocycles. The first kappa shape index (κ1) is 12.1. The van der Waals surface area contributed by atoms with Crippen molar-refractivity contribution >= 4 is 33.4 Å². The maximum atomic E-state index is 5.89. The van der Waals surface area contributed by atoms with E-state index in [0.29, 0.717) is 22.7 Å². The first-order valence-electron chi connectivity index (χ1n) is 6.33. The predicted octanol–water partition coefficient (Wildman–Crippen LogP) is 3.95. The van der Waals surface area contributed by atoms with Crippen molar-refractivity contribution in [3.05, 3.63) is 53.9 Å². The van der Waals surface area contributed by atoms with Crippen LogP contribution in [0, 0.1) is 0 Å². The van der Waals surface area contributed by atoms with Crippen LogP contribution in [-0.4, -0.2) is 20.2 Å². The lowest BCUT2D eigenvalue weighted by Crippen LogP contribution is -1.92. The highest BCUT2D eigenvalue weighted by Crippen LogP contribution is 2.29. The zero-order chi connectivity index (χ0) is 14.2. The lowest BCUT2D eigenvalue weighted by Gasteiger charge is -2.07. The van der Waals surface area contributed by atoms with Gasteiger partial charge in [0, 0.05) is 0 Å². The Morgan fingerprint density at radius 1 is 1.00 bits per heavy atom. The van der Waals surface area contributed by atoms with E-state index in [9.17, 15) is 0 Å². The fraction of sp³-hybridized carbons (Fsp3) is 0. The molecule has 0 atom stereocenters. The number of aromatic amines is 1. The van der Waals surface area contributed by atoms with Gasteiger partial charge in [-0.15, -0.1) is 0 Å². The van der Waals surface area contributed by atoms with Gasteiger partial charge in [0.25, 0.3) is 0 Å². The summed E-state index contributed by atoms with van der Waals surface area (Å²) >= 11 is 5.89. The second-order valence-corrected chi connectivity index (χ2v) is 4.88. The maximum Gasteiger partial charge on any atom is 0.234 e. The molecule has 1 N–H and O–H groups in total. The number of nitrogens with zero attached hydrogens (tertiary/aromatic N) is 3. The largest absolute Gasteiger partial charge is 0.438 e. The first-order chi connectivity index (χ1) is 10.3. The molecule has 4 rings (SSSR count). The standard InChI is InChI=1S/C15H9ClN4O/c16-15-18-13-12(8-17-20-13)14(19-15)21-11-6-5-9-3-1-2-4-10(9)7-11/h1-8H,(H,17,18,19,20). The van der Waals surface area contributed by atoms with E-state index < -0.39 is 0 Å². The number of ether oxygens (including phenoxy) is 1. The Hall–Kier alpha value is -2.66. The molecule has 5 nitrogen and oxygen atoms in total. The lowest BCUT2D eigenvalue weighted by atomic mass is 10.1. The van der Waals surface area contributed by atoms with Crippen LogP contribution >= 0.6 is 11.6 Å². The quantitative estimate of drug-likeness (QED) is 0.569. The smallest absolute Gasteiger partial charge is 0.234 e. The summed E-state index contributed by atoms with van der Waals surface area (Å²) in [6, 6.07) is 13.9. The molecule has 0 saturated heterocycles. The van der Waals surface area contributed by atoms with Crippen molar-refractivity contribution in [1.29, 1.82) is 0 Å². The van der Waals surface area contributed by atoms with Crippen LogP contribution in [0.1, 0.15) is 0 Å². The minimum absolute atomic E-state index is 0.113. The molecule has 2 aromatic carbocycles. The van der Waals surface area contributed by atoms with Crippen LogP contribution < -0.4 is 4.74 Å². The molecule has 0 aliphatic heterocycles. The predicted molar refractivity (Wildman–Crippen MR) is 80.7 cm³/mol. The van der Waals surface area contributed by atoms with Crippen LogP contribution in [0.4, 0.5) is 0 Å². The highest BCUT2D eigenvalue weighted by atomic mass is 35.5. The van der Waals surface area contributed by atoms with E-state index >= 15 is 0 Å². The molecule has 0 aliphatic rings. The minimum atomic E-state index is 0.113. The van der Waals surface area contributed by atoms with Crippen molar-refractivity contribution in [2.75, 3.05) is 0 Å². The molecule has 6 heteroatoms. The van der Waals surface area contributed by atoms with E-state index in [1.54, 1.807) is 6.20 Å². The fourth-order valence-electron chi connectivity index (χ4n) is 2.20. The Morgan fingerprint density at radius 3 is 2.76 bits per heavy atom. The topological polar surface area (TPSA) is 63.7 Å². The van der Waals surface area contributed by atoms with Crippen molar-refractivity contribution in [3.63, 3.8) is 0 Å². The second-order valence-electron chi connectivity index (χ2n) is 4.54. The molecule has 102 valence electrons. The number of H-pyrrole nitrogens is 1. The van der Waals surface area contributed by atoms with Gasteiger partial charge in [-0.3, -0.25) is 5.10 Å². The summed E-state index contributed by atoms with van der Waals surface area (Å²) < 4.78 is 5.84. The van der Waals surface area contributed by atoms with E-state index in [-0.39, 0.29) is 5.28 Å². The summed E-state index contributed by atoms with van der Waals surface area (Å²) in [6.45, 7) is 0. The van der Waals surface area contributed by atoms with Crippen molar-refractivity contribution in [3.8, 4) is 11.6 Å².